The lowest BCUT2D eigenvalue weighted by Crippen LogP contribution is -1.86. The second-order valence-corrected chi connectivity index (χ2v) is 16.0. The van der Waals surface area contributed by atoms with Crippen LogP contribution in [-0.4, -0.2) is 0 Å². The van der Waals surface area contributed by atoms with Crippen LogP contribution in [0.3, 0.4) is 0 Å². The Hall–Kier alpha value is -8.20. The molecule has 0 aliphatic rings. The second kappa shape index (κ2) is 14.8. The van der Waals surface area contributed by atoms with Gasteiger partial charge in [0.2, 0.25) is 0 Å². The van der Waals surface area contributed by atoms with Gasteiger partial charge in [-0.15, -0.1) is 0 Å². The Kier molecular flexibility index (Phi) is 8.53. The van der Waals surface area contributed by atoms with Gasteiger partial charge in [-0.25, -0.2) is 0 Å². The lowest BCUT2D eigenvalue weighted by molar-refractivity contribution is 0.669. The van der Waals surface area contributed by atoms with Crippen LogP contribution in [0.4, 0.5) is 0 Å². The van der Waals surface area contributed by atoms with E-state index in [9.17, 15) is 0 Å². The Bertz CT molecular complexity index is 3640. The van der Waals surface area contributed by atoms with E-state index >= 15 is 0 Å². The Labute approximate surface area is 359 Å². The average Bonchev–Trinajstić information content (AvgIpc) is 3.93. The summed E-state index contributed by atoms with van der Waals surface area (Å²) in [5, 5.41) is 4.57. The number of hydrogen-bond donors (Lipinski definition) is 0. The molecule has 2 heterocycles. The summed E-state index contributed by atoms with van der Waals surface area (Å²) in [6.07, 6.45) is 0. The van der Waals surface area contributed by atoms with Crippen molar-refractivity contribution < 1.29 is 8.83 Å². The average molecular weight is 791 g/mol. The standard InChI is InChI=1S/C60H38O2/c1-3-28-57-53(22-1)55-26-10-24-51(59(55)61-57)49-20-8-13-42(37-49)40-32-30-39(31-33-40)41-12-5-14-43(34-41)44-15-6-16-45(35-44)46-17-7-18-47(36-46)48-19-9-21-50(38-48)52-25-11-27-56-54-23-2-4-29-58(54)62-60(52)56/h1-38H. The maximum atomic E-state index is 6.39. The zero-order valence-corrected chi connectivity index (χ0v) is 33.8. The van der Waals surface area contributed by atoms with E-state index in [4.69, 9.17) is 8.83 Å². The molecule has 290 valence electrons. The third-order valence-corrected chi connectivity index (χ3v) is 12.3. The highest BCUT2D eigenvalue weighted by Gasteiger charge is 2.15. The van der Waals surface area contributed by atoms with Crippen LogP contribution >= 0.6 is 0 Å². The van der Waals surface area contributed by atoms with E-state index in [1.807, 2.05) is 24.3 Å². The molecule has 10 aromatic carbocycles. The zero-order chi connectivity index (χ0) is 41.0. The second-order valence-electron chi connectivity index (χ2n) is 16.0. The summed E-state index contributed by atoms with van der Waals surface area (Å²) < 4.78 is 12.8. The van der Waals surface area contributed by atoms with E-state index in [0.29, 0.717) is 0 Å². The van der Waals surface area contributed by atoms with Crippen molar-refractivity contribution in [1.82, 2.24) is 0 Å². The quantitative estimate of drug-likeness (QED) is 0.161. The maximum Gasteiger partial charge on any atom is 0.143 e. The van der Waals surface area contributed by atoms with Crippen molar-refractivity contribution in [3.8, 4) is 77.9 Å². The number of rotatable bonds is 7. The third kappa shape index (κ3) is 6.29. The van der Waals surface area contributed by atoms with Gasteiger partial charge in [0.1, 0.15) is 22.3 Å². The first-order valence-corrected chi connectivity index (χ1v) is 21.1. The first kappa shape index (κ1) is 35.7. The Morgan fingerprint density at radius 2 is 0.468 bits per heavy atom. The predicted molar refractivity (Wildman–Crippen MR) is 259 cm³/mol. The molecule has 12 rings (SSSR count). The molecular formula is C60H38O2. The van der Waals surface area contributed by atoms with Gasteiger partial charge in [0, 0.05) is 32.7 Å². The fourth-order valence-electron chi connectivity index (χ4n) is 9.17. The molecule has 0 aliphatic heterocycles. The van der Waals surface area contributed by atoms with Crippen molar-refractivity contribution in [2.75, 3.05) is 0 Å². The zero-order valence-electron chi connectivity index (χ0n) is 33.8. The molecule has 0 N–H and O–H groups in total. The Morgan fingerprint density at radius 1 is 0.194 bits per heavy atom. The molecule has 0 spiro atoms. The van der Waals surface area contributed by atoms with Gasteiger partial charge in [0.25, 0.3) is 0 Å². The minimum absolute atomic E-state index is 0.912. The molecule has 2 aromatic heterocycles. The molecule has 0 atom stereocenters. The maximum absolute atomic E-state index is 6.39. The van der Waals surface area contributed by atoms with Crippen LogP contribution in [0.25, 0.3) is 122 Å². The van der Waals surface area contributed by atoms with Gasteiger partial charge in [0.05, 0.1) is 0 Å². The highest BCUT2D eigenvalue weighted by atomic mass is 16.3. The Morgan fingerprint density at radius 3 is 0.839 bits per heavy atom. The third-order valence-electron chi connectivity index (χ3n) is 12.3. The summed E-state index contributed by atoms with van der Waals surface area (Å²) in [4.78, 5) is 0. The molecule has 2 heteroatoms. The van der Waals surface area contributed by atoms with E-state index in [2.05, 4.69) is 206 Å². The molecule has 0 saturated carbocycles. The molecule has 62 heavy (non-hydrogen) atoms. The van der Waals surface area contributed by atoms with Crippen LogP contribution in [0, 0.1) is 0 Å². The molecule has 0 saturated heterocycles. The van der Waals surface area contributed by atoms with Gasteiger partial charge < -0.3 is 8.83 Å². The van der Waals surface area contributed by atoms with Gasteiger partial charge in [-0.2, -0.15) is 0 Å². The van der Waals surface area contributed by atoms with Crippen molar-refractivity contribution in [3.05, 3.63) is 231 Å². The van der Waals surface area contributed by atoms with Crippen LogP contribution < -0.4 is 0 Å². The van der Waals surface area contributed by atoms with Crippen molar-refractivity contribution in [3.63, 3.8) is 0 Å². The largest absolute Gasteiger partial charge is 0.455 e. The van der Waals surface area contributed by atoms with E-state index < -0.39 is 0 Å². The summed E-state index contributed by atoms with van der Waals surface area (Å²) in [6, 6.07) is 82.4. The summed E-state index contributed by atoms with van der Waals surface area (Å²) in [6.45, 7) is 0. The summed E-state index contributed by atoms with van der Waals surface area (Å²) in [5.74, 6) is 0. The summed E-state index contributed by atoms with van der Waals surface area (Å²) in [5.41, 5.74) is 19.9. The van der Waals surface area contributed by atoms with Gasteiger partial charge in [0.15, 0.2) is 0 Å². The van der Waals surface area contributed by atoms with E-state index in [1.54, 1.807) is 0 Å². The fourth-order valence-corrected chi connectivity index (χ4v) is 9.17. The first-order valence-electron chi connectivity index (χ1n) is 21.1. The van der Waals surface area contributed by atoms with E-state index in [0.717, 1.165) is 66.1 Å². The minimum Gasteiger partial charge on any atom is -0.455 e. The Balaban J connectivity index is 0.809. The fraction of sp³-hybridized carbons (Fsp3) is 0. The number of hydrogen-bond acceptors (Lipinski definition) is 2. The lowest BCUT2D eigenvalue weighted by atomic mass is 9.93. The molecule has 0 unspecified atom stereocenters. The minimum atomic E-state index is 0.912. The van der Waals surface area contributed by atoms with Crippen LogP contribution in [-0.2, 0) is 0 Å². The van der Waals surface area contributed by atoms with Crippen molar-refractivity contribution >= 4 is 43.9 Å². The number of benzene rings is 10. The highest BCUT2D eigenvalue weighted by Crippen LogP contribution is 2.40. The first-order chi connectivity index (χ1) is 30.7. The summed E-state index contributed by atoms with van der Waals surface area (Å²) >= 11 is 0. The van der Waals surface area contributed by atoms with Crippen LogP contribution in [0.15, 0.2) is 239 Å². The van der Waals surface area contributed by atoms with E-state index in [-0.39, 0.29) is 0 Å². The monoisotopic (exact) mass is 790 g/mol. The van der Waals surface area contributed by atoms with Gasteiger partial charge >= 0.3 is 0 Å². The van der Waals surface area contributed by atoms with Gasteiger partial charge in [-0.1, -0.05) is 188 Å². The van der Waals surface area contributed by atoms with Crippen LogP contribution in [0.2, 0.25) is 0 Å². The van der Waals surface area contributed by atoms with E-state index in [1.165, 1.54) is 55.6 Å². The van der Waals surface area contributed by atoms with Crippen molar-refractivity contribution in [2.24, 2.45) is 0 Å². The number of furan rings is 2. The lowest BCUT2D eigenvalue weighted by Gasteiger charge is -2.11. The van der Waals surface area contributed by atoms with Gasteiger partial charge in [-0.3, -0.25) is 0 Å². The SMILES string of the molecule is c1cc(-c2ccc(-c3cccc(-c4cccc5c4oc4ccccc45)c3)cc2)cc(-c2cccc(-c3cccc(-c4cccc(-c5cccc6c5oc5ccccc56)c4)c3)c2)c1. The number of fused-ring (bicyclic) bond motifs is 6. The van der Waals surface area contributed by atoms with Crippen molar-refractivity contribution in [2.45, 2.75) is 0 Å². The molecule has 12 aromatic rings. The van der Waals surface area contributed by atoms with Gasteiger partial charge in [-0.05, 0) is 109 Å². The molecule has 2 nitrogen and oxygen atoms in total. The summed E-state index contributed by atoms with van der Waals surface area (Å²) in [7, 11) is 0. The smallest absolute Gasteiger partial charge is 0.143 e. The highest BCUT2D eigenvalue weighted by molar-refractivity contribution is 6.10. The molecule has 0 aliphatic carbocycles. The molecule has 0 amide bonds. The number of para-hydroxylation sites is 4. The van der Waals surface area contributed by atoms with Crippen molar-refractivity contribution in [1.29, 1.82) is 0 Å². The van der Waals surface area contributed by atoms with Crippen LogP contribution in [0.1, 0.15) is 0 Å². The normalized spacial score (nSPS) is 11.5. The molecule has 0 fully saturated rings. The topological polar surface area (TPSA) is 26.3 Å². The predicted octanol–water partition coefficient (Wildman–Crippen LogP) is 17.2. The molecule has 0 radical (unpaired) electrons. The van der Waals surface area contributed by atoms with Crippen LogP contribution in [0.5, 0.6) is 0 Å². The molecular weight excluding hydrogens is 753 g/mol. The molecule has 0 bridgehead atoms.